The van der Waals surface area contributed by atoms with Crippen LogP contribution in [0.25, 0.3) is 0 Å². The van der Waals surface area contributed by atoms with Crippen LogP contribution < -0.4 is 0 Å². The van der Waals surface area contributed by atoms with E-state index < -0.39 is 29.7 Å². The monoisotopic (exact) mass is 408 g/mol. The lowest BCUT2D eigenvalue weighted by Crippen LogP contribution is -2.41. The number of ether oxygens (including phenoxy) is 2. The van der Waals surface area contributed by atoms with Crippen molar-refractivity contribution in [2.75, 3.05) is 13.2 Å². The fraction of sp³-hybridized carbons (Fsp3) is 0.421. The Morgan fingerprint density at radius 1 is 1.00 bits per heavy atom. The Morgan fingerprint density at radius 3 is 2.04 bits per heavy atom. The Hall–Kier alpha value is -1.95. The van der Waals surface area contributed by atoms with Gasteiger partial charge in [-0.2, -0.15) is 0 Å². The number of rotatable bonds is 5. The SMILES string of the molecule is CCOC(=O)[C@@H]1C(=O)C=C(C)[C@H](C(=O)OCC)[C@H]1c1ccc(Br)cc1. The van der Waals surface area contributed by atoms with E-state index in [0.717, 1.165) is 10.0 Å². The lowest BCUT2D eigenvalue weighted by molar-refractivity contribution is -0.155. The normalized spacial score (nSPS) is 23.0. The summed E-state index contributed by atoms with van der Waals surface area (Å²) in [6, 6.07) is 7.24. The molecule has 6 heteroatoms. The molecule has 1 aliphatic carbocycles. The third-order valence-corrected chi connectivity index (χ3v) is 4.75. The van der Waals surface area contributed by atoms with Gasteiger partial charge in [0.1, 0.15) is 5.92 Å². The number of esters is 2. The van der Waals surface area contributed by atoms with Crippen LogP contribution in [-0.2, 0) is 23.9 Å². The Balaban J connectivity index is 2.56. The highest BCUT2D eigenvalue weighted by Gasteiger charge is 2.47. The smallest absolute Gasteiger partial charge is 0.317 e. The quantitative estimate of drug-likeness (QED) is 0.551. The molecule has 25 heavy (non-hydrogen) atoms. The van der Waals surface area contributed by atoms with E-state index in [9.17, 15) is 14.4 Å². The molecule has 1 aromatic rings. The highest BCUT2D eigenvalue weighted by molar-refractivity contribution is 9.10. The molecule has 2 rings (SSSR count). The van der Waals surface area contributed by atoms with Crippen molar-refractivity contribution in [2.24, 2.45) is 11.8 Å². The van der Waals surface area contributed by atoms with Crippen molar-refractivity contribution < 1.29 is 23.9 Å². The summed E-state index contributed by atoms with van der Waals surface area (Å²) in [5.41, 5.74) is 1.32. The number of benzene rings is 1. The molecule has 0 aliphatic heterocycles. The minimum Gasteiger partial charge on any atom is -0.466 e. The second-order valence-corrected chi connectivity index (χ2v) is 6.74. The second-order valence-electron chi connectivity index (χ2n) is 5.83. The number of carbonyl (C=O) groups excluding carboxylic acids is 3. The summed E-state index contributed by atoms with van der Waals surface area (Å²) in [4.78, 5) is 37.6. The van der Waals surface area contributed by atoms with Gasteiger partial charge in [0.05, 0.1) is 19.1 Å². The Kier molecular flexibility index (Phi) is 6.53. The minimum atomic E-state index is -1.06. The predicted octanol–water partition coefficient (Wildman–Crippen LogP) is 3.42. The van der Waals surface area contributed by atoms with Crippen LogP contribution in [0.5, 0.6) is 0 Å². The van der Waals surface area contributed by atoms with Gasteiger partial charge in [0.25, 0.3) is 0 Å². The van der Waals surface area contributed by atoms with E-state index in [1.165, 1.54) is 6.08 Å². The number of ketones is 1. The summed E-state index contributed by atoms with van der Waals surface area (Å²) in [5.74, 6) is -3.80. The Labute approximate surface area is 155 Å². The fourth-order valence-electron chi connectivity index (χ4n) is 3.19. The first-order valence-electron chi connectivity index (χ1n) is 8.21. The van der Waals surface area contributed by atoms with E-state index in [2.05, 4.69) is 15.9 Å². The first kappa shape index (κ1) is 19.4. The first-order chi connectivity index (χ1) is 11.9. The van der Waals surface area contributed by atoms with Crippen LogP contribution in [0.1, 0.15) is 32.3 Å². The zero-order valence-corrected chi connectivity index (χ0v) is 16.0. The Bertz CT molecular complexity index is 692. The summed E-state index contributed by atoms with van der Waals surface area (Å²) >= 11 is 3.37. The molecule has 3 atom stereocenters. The average molecular weight is 409 g/mol. The summed E-state index contributed by atoms with van der Waals surface area (Å²) in [5, 5.41) is 0. The molecular weight excluding hydrogens is 388 g/mol. The van der Waals surface area contributed by atoms with Crippen molar-refractivity contribution in [1.29, 1.82) is 0 Å². The lowest BCUT2D eigenvalue weighted by Gasteiger charge is -2.34. The van der Waals surface area contributed by atoms with Gasteiger partial charge >= 0.3 is 11.9 Å². The minimum absolute atomic E-state index is 0.169. The van der Waals surface area contributed by atoms with E-state index in [1.54, 1.807) is 32.9 Å². The molecule has 0 heterocycles. The number of hydrogen-bond donors (Lipinski definition) is 0. The zero-order chi connectivity index (χ0) is 18.6. The van der Waals surface area contributed by atoms with E-state index in [0.29, 0.717) is 5.57 Å². The molecule has 1 aromatic carbocycles. The van der Waals surface area contributed by atoms with Crippen LogP contribution >= 0.6 is 15.9 Å². The molecule has 0 spiro atoms. The molecule has 134 valence electrons. The molecule has 5 nitrogen and oxygen atoms in total. The summed E-state index contributed by atoms with van der Waals surface area (Å²) in [6.45, 7) is 5.52. The van der Waals surface area contributed by atoms with Crippen molar-refractivity contribution in [1.82, 2.24) is 0 Å². The van der Waals surface area contributed by atoms with Gasteiger partial charge in [-0.1, -0.05) is 33.6 Å². The number of carbonyl (C=O) groups is 3. The van der Waals surface area contributed by atoms with Crippen LogP contribution in [0.4, 0.5) is 0 Å². The van der Waals surface area contributed by atoms with Crippen molar-refractivity contribution in [3.05, 3.63) is 46.0 Å². The second kappa shape index (κ2) is 8.43. The largest absolute Gasteiger partial charge is 0.466 e. The standard InChI is InChI=1S/C19H21BrO5/c1-4-24-18(22)15-11(3)10-14(21)17(19(23)25-5-2)16(15)12-6-8-13(20)9-7-12/h6-10,15-17H,4-5H2,1-3H3/t15-,16+,17+/m0/s1. The van der Waals surface area contributed by atoms with Gasteiger partial charge in [0.15, 0.2) is 5.78 Å². The van der Waals surface area contributed by atoms with Crippen LogP contribution in [0.15, 0.2) is 40.4 Å². The van der Waals surface area contributed by atoms with Crippen LogP contribution in [0.3, 0.4) is 0 Å². The molecule has 1 aliphatic rings. The van der Waals surface area contributed by atoms with Gasteiger partial charge < -0.3 is 9.47 Å². The Morgan fingerprint density at radius 2 is 1.52 bits per heavy atom. The maximum Gasteiger partial charge on any atom is 0.317 e. The van der Waals surface area contributed by atoms with Crippen LogP contribution in [-0.4, -0.2) is 30.9 Å². The molecule has 0 fully saturated rings. The van der Waals surface area contributed by atoms with E-state index in [1.807, 2.05) is 12.1 Å². The van der Waals surface area contributed by atoms with E-state index in [4.69, 9.17) is 9.47 Å². The number of allylic oxidation sites excluding steroid dienone is 1. The molecule has 0 amide bonds. The van der Waals surface area contributed by atoms with Crippen molar-refractivity contribution in [3.8, 4) is 0 Å². The van der Waals surface area contributed by atoms with E-state index >= 15 is 0 Å². The molecule has 0 radical (unpaired) electrons. The van der Waals surface area contributed by atoms with Crippen LogP contribution in [0.2, 0.25) is 0 Å². The highest BCUT2D eigenvalue weighted by atomic mass is 79.9. The summed E-state index contributed by atoms with van der Waals surface area (Å²) in [7, 11) is 0. The highest BCUT2D eigenvalue weighted by Crippen LogP contribution is 2.42. The van der Waals surface area contributed by atoms with Crippen molar-refractivity contribution >= 4 is 33.7 Å². The average Bonchev–Trinajstić information content (AvgIpc) is 2.55. The van der Waals surface area contributed by atoms with Gasteiger partial charge in [-0.15, -0.1) is 0 Å². The number of halogens is 1. The fourth-order valence-corrected chi connectivity index (χ4v) is 3.45. The molecule has 0 saturated carbocycles. The lowest BCUT2D eigenvalue weighted by atomic mass is 9.68. The summed E-state index contributed by atoms with van der Waals surface area (Å²) in [6.07, 6.45) is 1.36. The predicted molar refractivity (Wildman–Crippen MR) is 95.9 cm³/mol. The van der Waals surface area contributed by atoms with Crippen molar-refractivity contribution in [3.63, 3.8) is 0 Å². The molecule has 0 aromatic heterocycles. The maximum absolute atomic E-state index is 12.6. The topological polar surface area (TPSA) is 69.7 Å². The van der Waals surface area contributed by atoms with Gasteiger partial charge in [-0.3, -0.25) is 14.4 Å². The van der Waals surface area contributed by atoms with Gasteiger partial charge in [0.2, 0.25) is 0 Å². The van der Waals surface area contributed by atoms with Gasteiger partial charge in [-0.05, 0) is 44.5 Å². The van der Waals surface area contributed by atoms with Gasteiger partial charge in [-0.25, -0.2) is 0 Å². The van der Waals surface area contributed by atoms with Crippen LogP contribution in [0, 0.1) is 11.8 Å². The molecule has 0 N–H and O–H groups in total. The first-order valence-corrected chi connectivity index (χ1v) is 9.00. The molecule has 0 saturated heterocycles. The molecule has 0 unspecified atom stereocenters. The number of hydrogen-bond acceptors (Lipinski definition) is 5. The molecule has 0 bridgehead atoms. The van der Waals surface area contributed by atoms with E-state index in [-0.39, 0.29) is 19.0 Å². The maximum atomic E-state index is 12.6. The summed E-state index contributed by atoms with van der Waals surface area (Å²) < 4.78 is 11.2. The third kappa shape index (κ3) is 4.18. The molecular formula is C19H21BrO5. The van der Waals surface area contributed by atoms with Crippen molar-refractivity contribution in [2.45, 2.75) is 26.7 Å². The van der Waals surface area contributed by atoms with Gasteiger partial charge in [0, 0.05) is 10.4 Å². The zero-order valence-electron chi connectivity index (χ0n) is 14.5. The third-order valence-electron chi connectivity index (χ3n) is 4.22.